The minimum atomic E-state index is 0.345. The highest BCUT2D eigenvalue weighted by molar-refractivity contribution is 5.53. The molecule has 1 heterocycles. The number of aryl methyl sites for hydroxylation is 1. The van der Waals surface area contributed by atoms with Crippen molar-refractivity contribution in [3.05, 3.63) is 5.56 Å². The van der Waals surface area contributed by atoms with Crippen LogP contribution in [0.4, 0.5) is 11.6 Å². The number of hydrogen-bond donors (Lipinski definition) is 3. The monoisotopic (exact) mass is 155 g/mol. The van der Waals surface area contributed by atoms with Gasteiger partial charge in [0.2, 0.25) is 0 Å². The minimum Gasteiger partial charge on any atom is -0.384 e. The summed E-state index contributed by atoms with van der Waals surface area (Å²) in [5.41, 5.74) is 17.4. The van der Waals surface area contributed by atoms with Crippen molar-refractivity contribution >= 4 is 11.6 Å². The predicted molar refractivity (Wildman–Crippen MR) is 44.6 cm³/mol. The maximum absolute atomic E-state index is 5.67. The topological polar surface area (TPSA) is 95.9 Å². The largest absolute Gasteiger partial charge is 0.384 e. The Morgan fingerprint density at radius 3 is 2.36 bits per heavy atom. The molecule has 1 aromatic heterocycles. The van der Waals surface area contributed by atoms with Crippen LogP contribution >= 0.6 is 0 Å². The number of nitrogens with two attached hydrogens (primary N) is 3. The molecule has 62 valence electrons. The predicted octanol–water partition coefficient (Wildman–Crippen LogP) is -0.474. The fourth-order valence-electron chi connectivity index (χ4n) is 0.981. The first-order valence-electron chi connectivity index (χ1n) is 3.51. The molecule has 0 aliphatic heterocycles. The van der Waals surface area contributed by atoms with Crippen molar-refractivity contribution in [1.29, 1.82) is 0 Å². The van der Waals surface area contributed by atoms with E-state index in [1.165, 1.54) is 0 Å². The van der Waals surface area contributed by atoms with Crippen LogP contribution in [0.5, 0.6) is 0 Å². The zero-order valence-electron chi connectivity index (χ0n) is 6.54. The van der Waals surface area contributed by atoms with Gasteiger partial charge in [0.25, 0.3) is 0 Å². The van der Waals surface area contributed by atoms with E-state index in [-0.39, 0.29) is 0 Å². The summed E-state index contributed by atoms with van der Waals surface area (Å²) in [4.78, 5) is 0. The van der Waals surface area contributed by atoms with Crippen molar-refractivity contribution in [2.24, 2.45) is 5.73 Å². The highest BCUT2D eigenvalue weighted by Gasteiger charge is 2.09. The molecule has 0 bridgehead atoms. The average Bonchev–Trinajstić information content (AvgIpc) is 2.26. The third kappa shape index (κ3) is 1.14. The molecule has 0 aliphatic carbocycles. The maximum atomic E-state index is 5.67. The standard InChI is InChI=1S/C6H13N5/c1-2-11-6(9)4(3-7)5(8)10-11/h2-3,7,9H2,1H3,(H2,8,10). The Hall–Kier alpha value is -1.23. The van der Waals surface area contributed by atoms with E-state index in [1.54, 1.807) is 4.68 Å². The highest BCUT2D eigenvalue weighted by Crippen LogP contribution is 2.17. The van der Waals surface area contributed by atoms with Gasteiger partial charge >= 0.3 is 0 Å². The summed E-state index contributed by atoms with van der Waals surface area (Å²) < 4.78 is 1.64. The third-order valence-corrected chi connectivity index (χ3v) is 1.63. The van der Waals surface area contributed by atoms with Gasteiger partial charge in [-0.3, -0.25) is 0 Å². The number of anilines is 2. The number of aromatic nitrogens is 2. The van der Waals surface area contributed by atoms with E-state index >= 15 is 0 Å². The van der Waals surface area contributed by atoms with E-state index in [0.29, 0.717) is 18.2 Å². The Balaban J connectivity index is 3.14. The molecule has 0 radical (unpaired) electrons. The molecule has 11 heavy (non-hydrogen) atoms. The molecule has 1 rings (SSSR count). The van der Waals surface area contributed by atoms with E-state index in [2.05, 4.69) is 5.10 Å². The Kier molecular flexibility index (Phi) is 2.00. The van der Waals surface area contributed by atoms with Crippen LogP contribution in [0.3, 0.4) is 0 Å². The molecule has 1 aromatic rings. The van der Waals surface area contributed by atoms with Gasteiger partial charge in [-0.05, 0) is 6.92 Å². The Morgan fingerprint density at radius 1 is 1.45 bits per heavy atom. The van der Waals surface area contributed by atoms with Crippen LogP contribution in [-0.4, -0.2) is 9.78 Å². The van der Waals surface area contributed by atoms with Gasteiger partial charge in [0.15, 0.2) is 5.82 Å². The van der Waals surface area contributed by atoms with E-state index in [9.17, 15) is 0 Å². The number of hydrogen-bond acceptors (Lipinski definition) is 4. The van der Waals surface area contributed by atoms with Gasteiger partial charge in [-0.25, -0.2) is 4.68 Å². The lowest BCUT2D eigenvalue weighted by molar-refractivity contribution is 0.672. The maximum Gasteiger partial charge on any atom is 0.152 e. The molecule has 0 aromatic carbocycles. The summed E-state index contributed by atoms with van der Waals surface area (Å²) in [6.45, 7) is 3.01. The molecule has 0 saturated carbocycles. The lowest BCUT2D eigenvalue weighted by Gasteiger charge is -1.98. The Bertz CT molecular complexity index is 252. The van der Waals surface area contributed by atoms with Crippen molar-refractivity contribution in [3.63, 3.8) is 0 Å². The normalized spacial score (nSPS) is 10.4. The van der Waals surface area contributed by atoms with Crippen molar-refractivity contribution in [1.82, 2.24) is 9.78 Å². The van der Waals surface area contributed by atoms with Crippen LogP contribution < -0.4 is 17.2 Å². The molecule has 0 aliphatic rings. The zero-order valence-corrected chi connectivity index (χ0v) is 6.54. The fourth-order valence-corrected chi connectivity index (χ4v) is 0.981. The highest BCUT2D eigenvalue weighted by atomic mass is 15.3. The van der Waals surface area contributed by atoms with Gasteiger partial charge in [-0.15, -0.1) is 0 Å². The first-order chi connectivity index (χ1) is 5.20. The van der Waals surface area contributed by atoms with Crippen molar-refractivity contribution in [3.8, 4) is 0 Å². The van der Waals surface area contributed by atoms with Crippen LogP contribution in [0.1, 0.15) is 12.5 Å². The molecule has 0 atom stereocenters. The average molecular weight is 155 g/mol. The molecule has 0 fully saturated rings. The van der Waals surface area contributed by atoms with E-state index in [4.69, 9.17) is 17.2 Å². The first kappa shape index (κ1) is 7.87. The second kappa shape index (κ2) is 2.79. The first-order valence-corrected chi connectivity index (χ1v) is 3.51. The minimum absolute atomic E-state index is 0.345. The van der Waals surface area contributed by atoms with Crippen LogP contribution in [0.15, 0.2) is 0 Å². The van der Waals surface area contributed by atoms with Gasteiger partial charge in [-0.1, -0.05) is 0 Å². The van der Waals surface area contributed by atoms with Crippen molar-refractivity contribution < 1.29 is 0 Å². The summed E-state index contributed by atoms with van der Waals surface area (Å²) >= 11 is 0. The summed E-state index contributed by atoms with van der Waals surface area (Å²) in [5, 5.41) is 3.99. The van der Waals surface area contributed by atoms with Crippen LogP contribution in [0, 0.1) is 0 Å². The molecule has 5 nitrogen and oxygen atoms in total. The number of nitrogen functional groups attached to an aromatic ring is 2. The molecule has 5 heteroatoms. The van der Waals surface area contributed by atoms with Gasteiger partial charge in [-0.2, -0.15) is 5.10 Å². The van der Waals surface area contributed by atoms with Crippen LogP contribution in [0.25, 0.3) is 0 Å². The lowest BCUT2D eigenvalue weighted by Crippen LogP contribution is -2.05. The molecular weight excluding hydrogens is 142 g/mol. The number of nitrogens with zero attached hydrogens (tertiary/aromatic N) is 2. The molecule has 6 N–H and O–H groups in total. The molecule has 0 unspecified atom stereocenters. The SMILES string of the molecule is CCn1nc(N)c(CN)c1N. The van der Waals surface area contributed by atoms with Crippen molar-refractivity contribution in [2.75, 3.05) is 11.5 Å². The van der Waals surface area contributed by atoms with E-state index in [1.807, 2.05) is 6.92 Å². The Labute approximate surface area is 65.2 Å². The van der Waals surface area contributed by atoms with E-state index in [0.717, 1.165) is 12.1 Å². The van der Waals surface area contributed by atoms with Crippen LogP contribution in [0.2, 0.25) is 0 Å². The third-order valence-electron chi connectivity index (χ3n) is 1.63. The summed E-state index contributed by atoms with van der Waals surface area (Å²) in [6, 6.07) is 0. The molecule has 0 amide bonds. The number of rotatable bonds is 2. The summed E-state index contributed by atoms with van der Waals surface area (Å²) in [7, 11) is 0. The Morgan fingerprint density at radius 2 is 2.09 bits per heavy atom. The lowest BCUT2D eigenvalue weighted by atomic mass is 10.3. The summed E-state index contributed by atoms with van der Waals surface area (Å²) in [5.74, 6) is 1.01. The quantitative estimate of drug-likeness (QED) is 0.537. The van der Waals surface area contributed by atoms with Crippen LogP contribution in [-0.2, 0) is 13.1 Å². The summed E-state index contributed by atoms with van der Waals surface area (Å²) in [6.07, 6.45) is 0. The molecule has 0 saturated heterocycles. The smallest absolute Gasteiger partial charge is 0.152 e. The fraction of sp³-hybridized carbons (Fsp3) is 0.500. The molecule has 0 spiro atoms. The van der Waals surface area contributed by atoms with Gasteiger partial charge in [0.1, 0.15) is 5.82 Å². The van der Waals surface area contributed by atoms with Gasteiger partial charge in [0.05, 0.1) is 5.56 Å². The van der Waals surface area contributed by atoms with Gasteiger partial charge < -0.3 is 17.2 Å². The second-order valence-electron chi connectivity index (χ2n) is 2.27. The van der Waals surface area contributed by atoms with Gasteiger partial charge in [0, 0.05) is 13.1 Å². The second-order valence-corrected chi connectivity index (χ2v) is 2.27. The van der Waals surface area contributed by atoms with Crippen molar-refractivity contribution in [2.45, 2.75) is 20.0 Å². The van der Waals surface area contributed by atoms with E-state index < -0.39 is 0 Å². The zero-order chi connectivity index (χ0) is 8.43. The molecular formula is C6H13N5.